The van der Waals surface area contributed by atoms with Crippen LogP contribution in [0.25, 0.3) is 0 Å². The minimum absolute atomic E-state index is 0.0339. The molecule has 0 aliphatic carbocycles. The SMILES string of the molecule is CC(C(=O)NCc1csc(=O)[nH]1)C1CNC1. The largest absolute Gasteiger partial charge is 0.350 e. The van der Waals surface area contributed by atoms with Gasteiger partial charge in [-0.05, 0) is 19.0 Å². The number of carbonyl (C=O) groups excluding carboxylic acids is 1. The van der Waals surface area contributed by atoms with E-state index in [4.69, 9.17) is 0 Å². The average Bonchev–Trinajstić information content (AvgIpc) is 2.58. The molecule has 0 radical (unpaired) electrons. The highest BCUT2D eigenvalue weighted by atomic mass is 32.1. The molecule has 1 aromatic heterocycles. The third-order valence-corrected chi connectivity index (χ3v) is 3.68. The van der Waals surface area contributed by atoms with Crippen LogP contribution in [0.5, 0.6) is 0 Å². The van der Waals surface area contributed by atoms with Crippen molar-refractivity contribution in [3.8, 4) is 0 Å². The molecule has 0 saturated carbocycles. The standard InChI is InChI=1S/C10H15N3O2S/c1-6(7-2-11-3-7)9(14)12-4-8-5-16-10(15)13-8/h5-7,11H,2-4H2,1H3,(H,12,14)(H,13,15). The van der Waals surface area contributed by atoms with Crippen molar-refractivity contribution in [2.45, 2.75) is 13.5 Å². The highest BCUT2D eigenvalue weighted by Crippen LogP contribution is 2.15. The van der Waals surface area contributed by atoms with Crippen LogP contribution in [-0.4, -0.2) is 24.0 Å². The van der Waals surface area contributed by atoms with E-state index in [2.05, 4.69) is 15.6 Å². The smallest absolute Gasteiger partial charge is 0.304 e. The van der Waals surface area contributed by atoms with Crippen molar-refractivity contribution in [2.75, 3.05) is 13.1 Å². The third-order valence-electron chi connectivity index (χ3n) is 2.96. The molecule has 16 heavy (non-hydrogen) atoms. The van der Waals surface area contributed by atoms with Crippen LogP contribution in [0.1, 0.15) is 12.6 Å². The fraction of sp³-hybridized carbons (Fsp3) is 0.600. The number of rotatable bonds is 4. The predicted octanol–water partition coefficient (Wildman–Crippen LogP) is -0.0919. The summed E-state index contributed by atoms with van der Waals surface area (Å²) in [5.74, 6) is 0.534. The van der Waals surface area contributed by atoms with Gasteiger partial charge in [-0.1, -0.05) is 18.3 Å². The topological polar surface area (TPSA) is 74.0 Å². The fourth-order valence-electron chi connectivity index (χ4n) is 1.62. The lowest BCUT2D eigenvalue weighted by Gasteiger charge is -2.31. The second-order valence-corrected chi connectivity index (χ2v) is 4.94. The Hall–Kier alpha value is -1.14. The molecule has 1 aliphatic rings. The summed E-state index contributed by atoms with van der Waals surface area (Å²) >= 11 is 1.11. The first-order valence-corrected chi connectivity index (χ1v) is 6.20. The van der Waals surface area contributed by atoms with Crippen molar-refractivity contribution in [3.05, 3.63) is 20.7 Å². The molecule has 1 amide bonds. The number of amides is 1. The Bertz CT molecular complexity index is 422. The van der Waals surface area contributed by atoms with Crippen LogP contribution >= 0.6 is 11.3 Å². The molecule has 2 rings (SSSR count). The summed E-state index contributed by atoms with van der Waals surface area (Å²) < 4.78 is 0. The Morgan fingerprint density at radius 3 is 2.94 bits per heavy atom. The molecule has 0 bridgehead atoms. The maximum absolute atomic E-state index is 11.7. The van der Waals surface area contributed by atoms with Crippen molar-refractivity contribution in [3.63, 3.8) is 0 Å². The van der Waals surface area contributed by atoms with E-state index in [1.165, 1.54) is 0 Å². The molecule has 1 atom stereocenters. The Kier molecular flexibility index (Phi) is 3.40. The summed E-state index contributed by atoms with van der Waals surface area (Å²) in [5.41, 5.74) is 0.766. The van der Waals surface area contributed by atoms with Crippen LogP contribution in [0.2, 0.25) is 0 Å². The third kappa shape index (κ3) is 2.51. The van der Waals surface area contributed by atoms with Gasteiger partial charge in [0.05, 0.1) is 6.54 Å². The van der Waals surface area contributed by atoms with Gasteiger partial charge in [-0.15, -0.1) is 0 Å². The van der Waals surface area contributed by atoms with Crippen LogP contribution in [0.3, 0.4) is 0 Å². The molecular weight excluding hydrogens is 226 g/mol. The molecule has 6 heteroatoms. The summed E-state index contributed by atoms with van der Waals surface area (Å²) in [5, 5.41) is 7.71. The van der Waals surface area contributed by atoms with E-state index in [1.807, 2.05) is 6.92 Å². The minimum Gasteiger partial charge on any atom is -0.350 e. The van der Waals surface area contributed by atoms with E-state index in [1.54, 1.807) is 5.38 Å². The van der Waals surface area contributed by atoms with Gasteiger partial charge in [-0.2, -0.15) is 0 Å². The number of H-pyrrole nitrogens is 1. The molecule has 2 heterocycles. The van der Waals surface area contributed by atoms with Gasteiger partial charge in [0, 0.05) is 17.0 Å². The zero-order chi connectivity index (χ0) is 11.5. The van der Waals surface area contributed by atoms with Crippen molar-refractivity contribution in [1.29, 1.82) is 0 Å². The van der Waals surface area contributed by atoms with Gasteiger partial charge in [0.1, 0.15) is 0 Å². The number of thiazole rings is 1. The van der Waals surface area contributed by atoms with Gasteiger partial charge in [0.25, 0.3) is 0 Å². The van der Waals surface area contributed by atoms with Crippen molar-refractivity contribution >= 4 is 17.2 Å². The number of hydrogen-bond acceptors (Lipinski definition) is 4. The maximum atomic E-state index is 11.7. The van der Waals surface area contributed by atoms with E-state index in [9.17, 15) is 9.59 Å². The molecule has 0 aromatic carbocycles. The first kappa shape index (κ1) is 11.3. The fourth-order valence-corrected chi connectivity index (χ4v) is 2.20. The second-order valence-electron chi connectivity index (χ2n) is 4.10. The highest BCUT2D eigenvalue weighted by Gasteiger charge is 2.28. The van der Waals surface area contributed by atoms with E-state index in [-0.39, 0.29) is 16.7 Å². The Morgan fingerprint density at radius 1 is 1.69 bits per heavy atom. The number of hydrogen-bond donors (Lipinski definition) is 3. The lowest BCUT2D eigenvalue weighted by Crippen LogP contribution is -2.49. The lowest BCUT2D eigenvalue weighted by molar-refractivity contribution is -0.126. The Balaban J connectivity index is 1.80. The predicted molar refractivity (Wildman–Crippen MR) is 62.3 cm³/mol. The molecule has 1 unspecified atom stereocenters. The summed E-state index contributed by atoms with van der Waals surface area (Å²) in [4.78, 5) is 25.2. The molecule has 88 valence electrons. The van der Waals surface area contributed by atoms with Crippen LogP contribution in [0, 0.1) is 11.8 Å². The van der Waals surface area contributed by atoms with Gasteiger partial charge in [0.2, 0.25) is 5.91 Å². The van der Waals surface area contributed by atoms with E-state index >= 15 is 0 Å². The van der Waals surface area contributed by atoms with Crippen LogP contribution in [-0.2, 0) is 11.3 Å². The number of nitrogens with one attached hydrogen (secondary N) is 3. The first-order chi connectivity index (χ1) is 7.66. The molecule has 1 saturated heterocycles. The molecule has 1 aliphatic heterocycles. The van der Waals surface area contributed by atoms with Crippen molar-refractivity contribution < 1.29 is 4.79 Å². The van der Waals surface area contributed by atoms with Crippen molar-refractivity contribution in [1.82, 2.24) is 15.6 Å². The summed E-state index contributed by atoms with van der Waals surface area (Å²) in [7, 11) is 0. The molecule has 1 aromatic rings. The first-order valence-electron chi connectivity index (χ1n) is 5.32. The van der Waals surface area contributed by atoms with Crippen LogP contribution < -0.4 is 15.5 Å². The molecule has 1 fully saturated rings. The van der Waals surface area contributed by atoms with Gasteiger partial charge in [-0.25, -0.2) is 0 Å². The maximum Gasteiger partial charge on any atom is 0.304 e. The van der Waals surface area contributed by atoms with E-state index in [0.29, 0.717) is 12.5 Å². The number of carbonyl (C=O) groups is 1. The molecule has 3 N–H and O–H groups in total. The zero-order valence-corrected chi connectivity index (χ0v) is 9.89. The quantitative estimate of drug-likeness (QED) is 0.689. The average molecular weight is 241 g/mol. The van der Waals surface area contributed by atoms with Crippen molar-refractivity contribution in [2.24, 2.45) is 11.8 Å². The van der Waals surface area contributed by atoms with Gasteiger partial charge < -0.3 is 15.6 Å². The molecule has 0 spiro atoms. The van der Waals surface area contributed by atoms with E-state index in [0.717, 1.165) is 30.1 Å². The van der Waals surface area contributed by atoms with E-state index < -0.39 is 0 Å². The molecule has 5 nitrogen and oxygen atoms in total. The Morgan fingerprint density at radius 2 is 2.44 bits per heavy atom. The zero-order valence-electron chi connectivity index (χ0n) is 9.08. The number of aromatic nitrogens is 1. The minimum atomic E-state index is -0.0829. The van der Waals surface area contributed by atoms with Gasteiger partial charge >= 0.3 is 4.87 Å². The molecular formula is C10H15N3O2S. The summed E-state index contributed by atoms with van der Waals surface area (Å²) in [6.45, 7) is 4.19. The normalized spacial score (nSPS) is 17.8. The monoisotopic (exact) mass is 241 g/mol. The Labute approximate surface area is 97.3 Å². The lowest BCUT2D eigenvalue weighted by atomic mass is 9.88. The number of aromatic amines is 1. The van der Waals surface area contributed by atoms with Gasteiger partial charge in [-0.3, -0.25) is 9.59 Å². The highest BCUT2D eigenvalue weighted by molar-refractivity contribution is 7.07. The van der Waals surface area contributed by atoms with Gasteiger partial charge in [0.15, 0.2) is 0 Å². The van der Waals surface area contributed by atoms with Crippen LogP contribution in [0.4, 0.5) is 0 Å². The summed E-state index contributed by atoms with van der Waals surface area (Å²) in [6, 6.07) is 0. The van der Waals surface area contributed by atoms with Crippen LogP contribution in [0.15, 0.2) is 10.2 Å². The summed E-state index contributed by atoms with van der Waals surface area (Å²) in [6.07, 6.45) is 0. The second kappa shape index (κ2) is 4.80.